The predicted octanol–water partition coefficient (Wildman–Crippen LogP) is 2.95. The Kier molecular flexibility index (Phi) is 4.40. The molecule has 0 aliphatic rings. The van der Waals surface area contributed by atoms with Crippen molar-refractivity contribution in [1.82, 2.24) is 15.5 Å². The molecule has 0 aliphatic heterocycles. The normalized spacial score (nSPS) is 11.4. The van der Waals surface area contributed by atoms with E-state index in [4.69, 9.17) is 4.74 Å². The van der Waals surface area contributed by atoms with Gasteiger partial charge in [0.1, 0.15) is 16.5 Å². The molecule has 0 aliphatic carbocycles. The molecule has 9 heteroatoms. The first-order chi connectivity index (χ1) is 9.46. The van der Waals surface area contributed by atoms with E-state index in [-0.39, 0.29) is 5.75 Å². The molecule has 5 nitrogen and oxygen atoms in total. The Morgan fingerprint density at radius 1 is 1.15 bits per heavy atom. The number of nitrogens with one attached hydrogen (secondary N) is 1. The Morgan fingerprint density at radius 3 is 2.40 bits per heavy atom. The molecule has 1 heterocycles. The summed E-state index contributed by atoms with van der Waals surface area (Å²) in [5, 5.41) is 11.7. The second kappa shape index (κ2) is 6.06. The van der Waals surface area contributed by atoms with E-state index in [1.807, 2.05) is 0 Å². The van der Waals surface area contributed by atoms with E-state index in [1.165, 1.54) is 35.6 Å². The van der Waals surface area contributed by atoms with Gasteiger partial charge >= 0.3 is 6.36 Å². The number of alkyl halides is 3. The van der Waals surface area contributed by atoms with E-state index in [9.17, 15) is 13.2 Å². The molecular weight excluding hydrogens is 295 g/mol. The Bertz CT molecular complexity index is 557. The number of halogens is 3. The van der Waals surface area contributed by atoms with Gasteiger partial charge in [-0.2, -0.15) is 0 Å². The molecule has 0 saturated heterocycles. The van der Waals surface area contributed by atoms with Crippen LogP contribution in [0.3, 0.4) is 0 Å². The zero-order chi connectivity index (χ0) is 14.6. The van der Waals surface area contributed by atoms with Gasteiger partial charge in [-0.15, -0.1) is 18.3 Å². The van der Waals surface area contributed by atoms with Gasteiger partial charge in [0.25, 0.3) is 5.19 Å². The van der Waals surface area contributed by atoms with Crippen LogP contribution in [0.1, 0.15) is 5.01 Å². The second-order valence-electron chi connectivity index (χ2n) is 3.61. The summed E-state index contributed by atoms with van der Waals surface area (Å²) in [6.07, 6.45) is -4.70. The molecule has 1 aromatic carbocycles. The Labute approximate surface area is 116 Å². The standard InChI is InChI=1S/C11H10F3N3O2S/c1-15-6-9-16-17-10(20-9)18-7-2-4-8(5-3-7)19-11(12,13)14/h2-5,15H,6H2,1H3. The summed E-state index contributed by atoms with van der Waals surface area (Å²) in [7, 11) is 1.78. The first kappa shape index (κ1) is 14.5. The lowest BCUT2D eigenvalue weighted by atomic mass is 10.3. The monoisotopic (exact) mass is 305 g/mol. The molecule has 0 bridgehead atoms. The third-order valence-corrected chi connectivity index (χ3v) is 2.84. The van der Waals surface area contributed by atoms with Gasteiger partial charge in [0.05, 0.1) is 0 Å². The largest absolute Gasteiger partial charge is 0.573 e. The third-order valence-electron chi connectivity index (χ3n) is 2.04. The van der Waals surface area contributed by atoms with Crippen LogP contribution in [-0.4, -0.2) is 23.6 Å². The maximum atomic E-state index is 12.0. The topological polar surface area (TPSA) is 56.3 Å². The maximum Gasteiger partial charge on any atom is 0.573 e. The smallest absolute Gasteiger partial charge is 0.430 e. The average molecular weight is 305 g/mol. The van der Waals surface area contributed by atoms with Crippen LogP contribution in [0.5, 0.6) is 16.7 Å². The number of nitrogens with zero attached hydrogens (tertiary/aromatic N) is 2. The first-order valence-electron chi connectivity index (χ1n) is 5.47. The van der Waals surface area contributed by atoms with Crippen molar-refractivity contribution in [2.75, 3.05) is 7.05 Å². The highest BCUT2D eigenvalue weighted by atomic mass is 32.1. The Morgan fingerprint density at radius 2 is 1.80 bits per heavy atom. The first-order valence-corrected chi connectivity index (χ1v) is 6.28. The van der Waals surface area contributed by atoms with E-state index in [1.54, 1.807) is 7.05 Å². The van der Waals surface area contributed by atoms with Crippen LogP contribution < -0.4 is 14.8 Å². The van der Waals surface area contributed by atoms with Crippen molar-refractivity contribution in [3.05, 3.63) is 29.3 Å². The van der Waals surface area contributed by atoms with Gasteiger partial charge in [-0.1, -0.05) is 16.4 Å². The van der Waals surface area contributed by atoms with Crippen molar-refractivity contribution in [3.8, 4) is 16.7 Å². The highest BCUT2D eigenvalue weighted by molar-refractivity contribution is 7.13. The number of ether oxygens (including phenoxy) is 2. The van der Waals surface area contributed by atoms with E-state index < -0.39 is 6.36 Å². The molecule has 0 amide bonds. The maximum absolute atomic E-state index is 12.0. The van der Waals surface area contributed by atoms with Gasteiger partial charge in [0, 0.05) is 6.54 Å². The molecule has 20 heavy (non-hydrogen) atoms. The lowest BCUT2D eigenvalue weighted by Crippen LogP contribution is -2.16. The molecule has 0 unspecified atom stereocenters. The number of hydrogen-bond acceptors (Lipinski definition) is 6. The van der Waals surface area contributed by atoms with Gasteiger partial charge in [-0.3, -0.25) is 0 Å². The molecule has 1 aromatic heterocycles. The van der Waals surface area contributed by atoms with Gasteiger partial charge in [0.15, 0.2) is 0 Å². The lowest BCUT2D eigenvalue weighted by Gasteiger charge is -2.08. The average Bonchev–Trinajstić information content (AvgIpc) is 2.78. The van der Waals surface area contributed by atoms with E-state index in [0.29, 0.717) is 17.5 Å². The number of hydrogen-bond donors (Lipinski definition) is 1. The number of benzene rings is 1. The quantitative estimate of drug-likeness (QED) is 0.920. The Hall–Kier alpha value is -1.87. The van der Waals surface area contributed by atoms with Crippen LogP contribution in [0, 0.1) is 0 Å². The highest BCUT2D eigenvalue weighted by Crippen LogP contribution is 2.28. The fourth-order valence-corrected chi connectivity index (χ4v) is 2.03. The molecule has 0 saturated carbocycles. The van der Waals surface area contributed by atoms with E-state index in [2.05, 4.69) is 20.3 Å². The summed E-state index contributed by atoms with van der Waals surface area (Å²) in [5.74, 6) is 0.0460. The summed E-state index contributed by atoms with van der Waals surface area (Å²) in [6.45, 7) is 0.569. The van der Waals surface area contributed by atoms with Crippen LogP contribution in [0.25, 0.3) is 0 Å². The van der Waals surface area contributed by atoms with E-state index >= 15 is 0 Å². The van der Waals surface area contributed by atoms with Gasteiger partial charge in [0.2, 0.25) is 0 Å². The van der Waals surface area contributed by atoms with Gasteiger partial charge in [-0.05, 0) is 31.3 Å². The SMILES string of the molecule is CNCc1nnc(Oc2ccc(OC(F)(F)F)cc2)s1. The lowest BCUT2D eigenvalue weighted by molar-refractivity contribution is -0.274. The molecule has 0 radical (unpaired) electrons. The number of rotatable bonds is 5. The van der Waals surface area contributed by atoms with Crippen LogP contribution in [0.2, 0.25) is 0 Å². The molecule has 0 fully saturated rings. The van der Waals surface area contributed by atoms with Crippen molar-refractivity contribution < 1.29 is 22.6 Å². The summed E-state index contributed by atoms with van der Waals surface area (Å²) >= 11 is 1.25. The molecular formula is C11H10F3N3O2S. The van der Waals surface area contributed by atoms with Crippen molar-refractivity contribution in [3.63, 3.8) is 0 Å². The molecule has 0 atom stereocenters. The zero-order valence-electron chi connectivity index (χ0n) is 10.3. The zero-order valence-corrected chi connectivity index (χ0v) is 11.1. The minimum absolute atomic E-state index is 0.307. The summed E-state index contributed by atoms with van der Waals surface area (Å²) in [6, 6.07) is 5.05. The minimum Gasteiger partial charge on any atom is -0.430 e. The highest BCUT2D eigenvalue weighted by Gasteiger charge is 2.30. The summed E-state index contributed by atoms with van der Waals surface area (Å²) in [5.41, 5.74) is 0. The molecule has 108 valence electrons. The molecule has 2 aromatic rings. The molecule has 2 rings (SSSR count). The predicted molar refractivity (Wildman–Crippen MR) is 65.9 cm³/mol. The van der Waals surface area contributed by atoms with Crippen LogP contribution in [0.15, 0.2) is 24.3 Å². The summed E-state index contributed by atoms with van der Waals surface area (Å²) in [4.78, 5) is 0. The van der Waals surface area contributed by atoms with E-state index in [0.717, 1.165) is 5.01 Å². The minimum atomic E-state index is -4.70. The molecule has 0 spiro atoms. The fourth-order valence-electron chi connectivity index (χ4n) is 1.31. The van der Waals surface area contributed by atoms with Crippen molar-refractivity contribution >= 4 is 11.3 Å². The van der Waals surface area contributed by atoms with Crippen LogP contribution in [0.4, 0.5) is 13.2 Å². The van der Waals surface area contributed by atoms with Crippen LogP contribution >= 0.6 is 11.3 Å². The Balaban J connectivity index is 1.99. The fraction of sp³-hybridized carbons (Fsp3) is 0.273. The van der Waals surface area contributed by atoms with Crippen molar-refractivity contribution in [2.45, 2.75) is 12.9 Å². The van der Waals surface area contributed by atoms with Crippen molar-refractivity contribution in [1.29, 1.82) is 0 Å². The molecule has 1 N–H and O–H groups in total. The van der Waals surface area contributed by atoms with Gasteiger partial charge in [-0.25, -0.2) is 0 Å². The van der Waals surface area contributed by atoms with Crippen LogP contribution in [-0.2, 0) is 6.54 Å². The van der Waals surface area contributed by atoms with Gasteiger partial charge < -0.3 is 14.8 Å². The number of aromatic nitrogens is 2. The third kappa shape index (κ3) is 4.35. The second-order valence-corrected chi connectivity index (χ2v) is 4.64. The summed E-state index contributed by atoms with van der Waals surface area (Å²) < 4.78 is 45.1. The van der Waals surface area contributed by atoms with Crippen molar-refractivity contribution in [2.24, 2.45) is 0 Å².